The molecule has 1 saturated carbocycles. The van der Waals surface area contributed by atoms with E-state index in [1.807, 2.05) is 11.3 Å². The maximum Gasteiger partial charge on any atom is 0.0386 e. The van der Waals surface area contributed by atoms with Crippen molar-refractivity contribution in [1.82, 2.24) is 5.32 Å². The Morgan fingerprint density at radius 1 is 1.38 bits per heavy atom. The molecule has 1 aromatic heterocycles. The molecule has 1 nitrogen and oxygen atoms in total. The molecule has 0 saturated heterocycles. The van der Waals surface area contributed by atoms with Crippen LogP contribution in [0.3, 0.4) is 0 Å². The number of hydrogen-bond donors (Lipinski definition) is 1. The summed E-state index contributed by atoms with van der Waals surface area (Å²) in [5, 5.41) is 5.80. The van der Waals surface area contributed by atoms with Gasteiger partial charge in [0.1, 0.15) is 0 Å². The van der Waals surface area contributed by atoms with Crippen molar-refractivity contribution in [2.45, 2.75) is 51.5 Å². The number of hydrogen-bond acceptors (Lipinski definition) is 2. The molecule has 1 heterocycles. The number of rotatable bonds is 5. The van der Waals surface area contributed by atoms with Crippen molar-refractivity contribution >= 4 is 11.3 Å². The van der Waals surface area contributed by atoms with E-state index in [0.717, 1.165) is 5.92 Å². The molecule has 1 fully saturated rings. The van der Waals surface area contributed by atoms with E-state index in [1.54, 1.807) is 0 Å². The molecule has 0 spiro atoms. The van der Waals surface area contributed by atoms with Crippen molar-refractivity contribution in [3.63, 3.8) is 0 Å². The molecule has 1 aromatic rings. The minimum Gasteiger partial charge on any atom is -0.309 e. The third-order valence-electron chi connectivity index (χ3n) is 3.70. The van der Waals surface area contributed by atoms with Crippen LogP contribution >= 0.6 is 11.3 Å². The topological polar surface area (TPSA) is 12.0 Å². The number of thiophene rings is 1. The molecule has 2 heteroatoms. The van der Waals surface area contributed by atoms with Crippen molar-refractivity contribution < 1.29 is 0 Å². The molecule has 0 radical (unpaired) electrons. The lowest BCUT2D eigenvalue weighted by molar-refractivity contribution is 0.330. The lowest BCUT2D eigenvalue weighted by atomic mass is 9.87. The fourth-order valence-corrected chi connectivity index (χ4v) is 3.38. The maximum absolute atomic E-state index is 3.64. The summed E-state index contributed by atoms with van der Waals surface area (Å²) in [5.74, 6) is 0.997. The fourth-order valence-electron chi connectivity index (χ4n) is 2.62. The summed E-state index contributed by atoms with van der Waals surface area (Å²) in [6, 6.07) is 4.89. The molecule has 0 amide bonds. The Bertz CT molecular complexity index is 275. The van der Waals surface area contributed by atoms with Gasteiger partial charge in [-0.2, -0.15) is 0 Å². The number of nitrogens with one attached hydrogen (secondary N) is 1. The Morgan fingerprint density at radius 2 is 2.19 bits per heavy atom. The zero-order chi connectivity index (χ0) is 11.2. The first-order valence-corrected chi connectivity index (χ1v) is 7.51. The Morgan fingerprint density at radius 3 is 2.88 bits per heavy atom. The van der Waals surface area contributed by atoms with Gasteiger partial charge in [-0.3, -0.25) is 0 Å². The van der Waals surface area contributed by atoms with Crippen molar-refractivity contribution in [3.8, 4) is 0 Å². The first-order chi connectivity index (χ1) is 7.86. The summed E-state index contributed by atoms with van der Waals surface area (Å²) in [7, 11) is 0. The predicted octanol–water partition coefficient (Wildman–Crippen LogP) is 4.37. The average Bonchev–Trinajstić information content (AvgIpc) is 2.84. The van der Waals surface area contributed by atoms with Gasteiger partial charge in [-0.15, -0.1) is 11.3 Å². The van der Waals surface area contributed by atoms with Gasteiger partial charge in [-0.25, -0.2) is 0 Å². The summed E-state index contributed by atoms with van der Waals surface area (Å²) in [4.78, 5) is 1.46. The summed E-state index contributed by atoms with van der Waals surface area (Å²) < 4.78 is 0. The second kappa shape index (κ2) is 6.41. The predicted molar refractivity (Wildman–Crippen MR) is 71.9 cm³/mol. The van der Waals surface area contributed by atoms with Crippen LogP contribution in [0.25, 0.3) is 0 Å². The van der Waals surface area contributed by atoms with Gasteiger partial charge < -0.3 is 5.32 Å². The van der Waals surface area contributed by atoms with Gasteiger partial charge in [-0.1, -0.05) is 38.2 Å². The van der Waals surface area contributed by atoms with Crippen LogP contribution in [0.15, 0.2) is 17.5 Å². The van der Waals surface area contributed by atoms with E-state index < -0.39 is 0 Å². The third-order valence-corrected chi connectivity index (χ3v) is 4.75. The molecular formula is C14H23NS. The minimum absolute atomic E-state index is 0.531. The lowest BCUT2D eigenvalue weighted by Gasteiger charge is -2.22. The molecule has 0 aromatic carbocycles. The van der Waals surface area contributed by atoms with Gasteiger partial charge in [0.05, 0.1) is 0 Å². The van der Waals surface area contributed by atoms with E-state index in [9.17, 15) is 0 Å². The molecule has 0 unspecified atom stereocenters. The van der Waals surface area contributed by atoms with Crippen molar-refractivity contribution in [3.05, 3.63) is 22.4 Å². The zero-order valence-corrected chi connectivity index (χ0v) is 11.1. The van der Waals surface area contributed by atoms with Gasteiger partial charge in [0.15, 0.2) is 0 Å². The smallest absolute Gasteiger partial charge is 0.0386 e. The second-order valence-electron chi connectivity index (χ2n) is 4.98. The van der Waals surface area contributed by atoms with Gasteiger partial charge in [0, 0.05) is 10.9 Å². The van der Waals surface area contributed by atoms with E-state index in [-0.39, 0.29) is 0 Å². The molecule has 1 aliphatic rings. The summed E-state index contributed by atoms with van der Waals surface area (Å²) in [5.41, 5.74) is 0. The molecule has 1 atom stereocenters. The molecule has 1 aliphatic carbocycles. The Balaban J connectivity index is 1.63. The van der Waals surface area contributed by atoms with E-state index in [0.29, 0.717) is 6.04 Å². The van der Waals surface area contributed by atoms with Gasteiger partial charge in [0.25, 0.3) is 0 Å². The van der Waals surface area contributed by atoms with Crippen molar-refractivity contribution in [2.24, 2.45) is 5.92 Å². The summed E-state index contributed by atoms with van der Waals surface area (Å²) in [6.45, 7) is 3.45. The van der Waals surface area contributed by atoms with Crippen LogP contribution in [-0.4, -0.2) is 6.54 Å². The van der Waals surface area contributed by atoms with Crippen LogP contribution in [0.1, 0.15) is 56.4 Å². The van der Waals surface area contributed by atoms with Crippen LogP contribution in [0.5, 0.6) is 0 Å². The maximum atomic E-state index is 3.64. The van der Waals surface area contributed by atoms with Crippen LogP contribution in [0.4, 0.5) is 0 Å². The third kappa shape index (κ3) is 3.60. The standard InChI is InChI=1S/C14H23NS/c1-12(14-8-5-11-16-14)15-10-9-13-6-3-2-4-7-13/h5,8,11-13,15H,2-4,6-7,9-10H2,1H3/t12-/m1/s1. The lowest BCUT2D eigenvalue weighted by Crippen LogP contribution is -2.22. The fraction of sp³-hybridized carbons (Fsp3) is 0.714. The van der Waals surface area contributed by atoms with E-state index >= 15 is 0 Å². The Labute approximate surface area is 103 Å². The summed E-state index contributed by atoms with van der Waals surface area (Å²) in [6.07, 6.45) is 8.70. The van der Waals surface area contributed by atoms with Crippen LogP contribution < -0.4 is 5.32 Å². The highest BCUT2D eigenvalue weighted by Crippen LogP contribution is 2.26. The summed E-state index contributed by atoms with van der Waals surface area (Å²) >= 11 is 1.85. The van der Waals surface area contributed by atoms with E-state index in [1.165, 1.54) is 49.9 Å². The Hall–Kier alpha value is -0.340. The highest BCUT2D eigenvalue weighted by atomic mass is 32.1. The van der Waals surface area contributed by atoms with Crippen LogP contribution in [-0.2, 0) is 0 Å². The highest BCUT2D eigenvalue weighted by molar-refractivity contribution is 7.10. The highest BCUT2D eigenvalue weighted by Gasteiger charge is 2.13. The second-order valence-corrected chi connectivity index (χ2v) is 5.96. The van der Waals surface area contributed by atoms with Crippen molar-refractivity contribution in [2.75, 3.05) is 6.54 Å². The molecule has 2 rings (SSSR count). The largest absolute Gasteiger partial charge is 0.309 e. The van der Waals surface area contributed by atoms with Gasteiger partial charge in [-0.05, 0) is 37.3 Å². The molecule has 1 N–H and O–H groups in total. The van der Waals surface area contributed by atoms with Crippen LogP contribution in [0.2, 0.25) is 0 Å². The normalized spacial score (nSPS) is 19.8. The van der Waals surface area contributed by atoms with E-state index in [4.69, 9.17) is 0 Å². The molecular weight excluding hydrogens is 214 g/mol. The molecule has 0 aliphatic heterocycles. The van der Waals surface area contributed by atoms with E-state index in [2.05, 4.69) is 29.8 Å². The first-order valence-electron chi connectivity index (χ1n) is 6.63. The van der Waals surface area contributed by atoms with Gasteiger partial charge in [0.2, 0.25) is 0 Å². The molecule has 16 heavy (non-hydrogen) atoms. The SMILES string of the molecule is C[C@@H](NCCC1CCCCC1)c1cccs1. The van der Waals surface area contributed by atoms with Crippen molar-refractivity contribution in [1.29, 1.82) is 0 Å². The van der Waals surface area contributed by atoms with Crippen LogP contribution in [0, 0.1) is 5.92 Å². The zero-order valence-electron chi connectivity index (χ0n) is 10.2. The minimum atomic E-state index is 0.531. The Kier molecular flexibility index (Phi) is 4.86. The molecule has 0 bridgehead atoms. The quantitative estimate of drug-likeness (QED) is 0.802. The molecule has 90 valence electrons. The first kappa shape index (κ1) is 12.1. The monoisotopic (exact) mass is 237 g/mol. The average molecular weight is 237 g/mol. The van der Waals surface area contributed by atoms with Gasteiger partial charge >= 0.3 is 0 Å².